The van der Waals surface area contributed by atoms with Gasteiger partial charge in [-0.2, -0.15) is 0 Å². The van der Waals surface area contributed by atoms with Crippen molar-refractivity contribution in [2.75, 3.05) is 112 Å². The van der Waals surface area contributed by atoms with E-state index in [1.807, 2.05) is 121 Å². The van der Waals surface area contributed by atoms with Crippen molar-refractivity contribution in [1.82, 2.24) is 5.32 Å². The van der Waals surface area contributed by atoms with Gasteiger partial charge in [0.05, 0.1) is 156 Å². The lowest BCUT2D eigenvalue weighted by Crippen LogP contribution is -2.41. The summed E-state index contributed by atoms with van der Waals surface area (Å²) in [5, 5.41) is 9.86. The summed E-state index contributed by atoms with van der Waals surface area (Å²) in [7, 11) is -1.32. The number of hydrogen-bond acceptors (Lipinski definition) is 31. The first-order valence-corrected chi connectivity index (χ1v) is 57.9. The van der Waals surface area contributed by atoms with E-state index in [-0.39, 0.29) is 197 Å². The largest absolute Gasteiger partial charge is 0.469 e. The summed E-state index contributed by atoms with van der Waals surface area (Å²) in [6.45, 7) is 40.9. The Labute approximate surface area is 872 Å². The number of anilines is 1. The third-order valence-electron chi connectivity index (χ3n) is 27.7. The molecule has 11 unspecified atom stereocenters. The number of nitrogens with zero attached hydrogens (tertiary/aromatic N) is 1. The number of unbranched alkanes of at least 4 members (excludes halogenated alkanes) is 10. The molecule has 8 heterocycles. The Kier molecular flexibility index (Phi) is 54.7. The number of alkyl carbamates (subject to hydrolysis) is 1. The Morgan fingerprint density at radius 3 is 1.42 bits per heavy atom. The number of ketones is 3. The predicted molar refractivity (Wildman–Crippen MR) is 560 cm³/mol. The van der Waals surface area contributed by atoms with Crippen molar-refractivity contribution in [1.29, 1.82) is 2.86 Å². The van der Waals surface area contributed by atoms with Crippen LogP contribution in [0.1, 0.15) is 273 Å². The summed E-state index contributed by atoms with van der Waals surface area (Å²) in [5.74, 6) is -2.41. The van der Waals surface area contributed by atoms with Gasteiger partial charge in [0, 0.05) is 107 Å². The number of benzene rings is 3. The van der Waals surface area contributed by atoms with Crippen molar-refractivity contribution in [2.45, 2.75) is 381 Å². The van der Waals surface area contributed by atoms with Crippen LogP contribution in [-0.4, -0.2) is 289 Å². The van der Waals surface area contributed by atoms with Crippen LogP contribution in [0.2, 0.25) is 0 Å². The second-order valence-electron chi connectivity index (χ2n) is 40.6. The Balaban J connectivity index is 0.000000308. The zero-order valence-corrected chi connectivity index (χ0v) is 93.6. The first kappa shape index (κ1) is 121. The number of fused-ring (bicyclic) bond motifs is 8. The molecule has 0 saturated carbocycles. The van der Waals surface area contributed by atoms with E-state index in [0.29, 0.717) is 62.5 Å². The van der Waals surface area contributed by atoms with Crippen LogP contribution in [0.25, 0.3) is 11.1 Å². The van der Waals surface area contributed by atoms with Gasteiger partial charge in [0.25, 0.3) is 0 Å². The lowest BCUT2D eigenvalue weighted by molar-refractivity contribution is -0.156. The van der Waals surface area contributed by atoms with Crippen molar-refractivity contribution >= 4 is 76.2 Å². The number of methoxy groups -OCH3 is 3. The van der Waals surface area contributed by atoms with Gasteiger partial charge in [-0.05, 0) is 155 Å². The fraction of sp³-hybridized carbons (Fsp3) is 0.761. The first-order valence-electron chi connectivity index (χ1n) is 54.7. The molecule has 29 atom stereocenters. The number of aliphatic hydroxyl groups excluding tert-OH is 2. The quantitative estimate of drug-likeness (QED) is 0.0134. The van der Waals surface area contributed by atoms with Gasteiger partial charge in [-0.25, -0.2) is 9.69 Å². The number of hydrogen-bond donors (Lipinski definition) is 4. The smallest absolute Gasteiger partial charge is 0.407 e. The van der Waals surface area contributed by atoms with Crippen LogP contribution in [-0.2, 0) is 127 Å². The number of carbonyl (C=O) groups excluding carboxylic acids is 8. The van der Waals surface area contributed by atoms with Gasteiger partial charge >= 0.3 is 33.2 Å². The van der Waals surface area contributed by atoms with Crippen LogP contribution in [0.5, 0.6) is 0 Å². The van der Waals surface area contributed by atoms with Crippen molar-refractivity contribution in [3.05, 3.63) is 90.0 Å². The number of aliphatic hydroxyl groups is 2. The van der Waals surface area contributed by atoms with Gasteiger partial charge in [0.15, 0.2) is 0 Å². The second-order valence-corrected chi connectivity index (χ2v) is 46.4. The SMILES string of the molecule is CC(C)C.CO[C@H]1C(C)[C@H](COP(=O)(CC(=O)CCCCCCN)O[C@@H]2C(COC(C)C)O[C@@H](C)[C@@H]2C)O[C@@H]1C.CO[C@H]1C(C)[C@H](COP(=O)(CC(=O)CCCCCCNC(=O)OCC2c3ccccc3-c3ccccc32)O[C@@H]2C(COC(C)C)O[C@@H](C)[C@@H]2C)O[C@@H]1C.[2H]C[C@H]1O[C@@H](C)[C@H](C)[C@@H]1OP(C)CC(=O)CCCCCCC.[2H][C@H]1C(OC(=O)CCC(=O)OC)C2O[C@H]1C1C(=O)N(c3ccccc3)C(=O)C21.[3H]OC.[3H]OC. The normalized spacial score (nSPS) is 30.1. The van der Waals surface area contributed by atoms with Gasteiger partial charge in [0.1, 0.15) is 72.9 Å². The van der Waals surface area contributed by atoms with Crippen molar-refractivity contribution < 1.29 is 145 Å². The molecule has 826 valence electrons. The van der Waals surface area contributed by atoms with Gasteiger partial charge in [-0.15, -0.1) is 0 Å². The minimum atomic E-state index is -3.90. The van der Waals surface area contributed by atoms with E-state index in [0.717, 1.165) is 68.6 Å². The van der Waals surface area contributed by atoms with E-state index < -0.39 is 102 Å². The summed E-state index contributed by atoms with van der Waals surface area (Å²) >= 11 is 0. The van der Waals surface area contributed by atoms with E-state index >= 15 is 0 Å². The van der Waals surface area contributed by atoms with E-state index in [1.54, 1.807) is 44.6 Å². The molecule has 0 radical (unpaired) electrons. The molecule has 145 heavy (non-hydrogen) atoms. The number of imide groups is 1. The molecular weight excluding hydrogens is 1920 g/mol. The Morgan fingerprint density at radius 1 is 0.524 bits per heavy atom. The topological polar surface area (TPSA) is 419 Å². The molecule has 12 rings (SSSR count). The van der Waals surface area contributed by atoms with Gasteiger partial charge in [-0.1, -0.05) is 180 Å². The molecule has 8 aliphatic heterocycles. The lowest BCUT2D eigenvalue weighted by Gasteiger charge is -2.28. The molecule has 33 nitrogen and oxygen atoms in total. The third kappa shape index (κ3) is 39.7. The van der Waals surface area contributed by atoms with Gasteiger partial charge in [0.2, 0.25) is 14.7 Å². The fourth-order valence-electron chi connectivity index (χ4n) is 19.5. The van der Waals surface area contributed by atoms with Crippen molar-refractivity contribution in [2.24, 2.45) is 53.1 Å². The number of para-hydroxylation sites is 1. The summed E-state index contributed by atoms with van der Waals surface area (Å²) in [4.78, 5) is 101. The number of nitrogens with one attached hydrogen (secondary N) is 1. The summed E-state index contributed by atoms with van der Waals surface area (Å²) in [5.41, 5.74) is 10.8. The summed E-state index contributed by atoms with van der Waals surface area (Å²) in [6, 6.07) is 25.1. The molecule has 0 spiro atoms. The predicted octanol–water partition coefficient (Wildman–Crippen LogP) is 18.8. The molecule has 8 fully saturated rings. The molecule has 0 aromatic heterocycles. The number of ether oxygens (including phenoxy) is 13. The number of Topliss-reactive ketones (excluding diaryl/α,β-unsaturated/α-hetero) is 3. The lowest BCUT2D eigenvalue weighted by atomic mass is 9.79. The van der Waals surface area contributed by atoms with Crippen molar-refractivity contribution in [3.63, 3.8) is 0 Å². The molecule has 8 saturated heterocycles. The highest BCUT2D eigenvalue weighted by Crippen LogP contribution is 2.57. The van der Waals surface area contributed by atoms with Crippen LogP contribution in [0.4, 0.5) is 10.5 Å². The van der Waals surface area contributed by atoms with Crippen LogP contribution >= 0.6 is 23.3 Å². The third-order valence-corrected chi connectivity index (χ3v) is 32.8. The molecule has 5 N–H and O–H groups in total. The monoisotopic (exact) mass is 2110 g/mol. The average Bonchev–Trinajstić information content (AvgIpc) is 1.54. The number of esters is 2. The zero-order valence-electron chi connectivity index (χ0n) is 94.9. The summed E-state index contributed by atoms with van der Waals surface area (Å²) < 4.78 is 160. The highest BCUT2D eigenvalue weighted by Gasteiger charge is 2.67. The zero-order chi connectivity index (χ0) is 111. The molecule has 36 heteroatoms. The minimum absolute atomic E-state index is 0.00415. The fourth-order valence-corrected chi connectivity index (χ4v) is 24.7. The maximum Gasteiger partial charge on any atom is 0.407 e. The second kappa shape index (κ2) is 65.6. The van der Waals surface area contributed by atoms with Crippen LogP contribution in [0.3, 0.4) is 0 Å². The average molecular weight is 2110 g/mol. The number of nitrogens with two attached hydrogens (primary N) is 1. The first-order chi connectivity index (χ1) is 70.9. The highest BCUT2D eigenvalue weighted by molar-refractivity contribution is 7.55. The van der Waals surface area contributed by atoms with E-state index in [9.17, 15) is 47.5 Å². The van der Waals surface area contributed by atoms with E-state index in [1.165, 1.54) is 62.8 Å². The van der Waals surface area contributed by atoms with E-state index in [2.05, 4.69) is 79.2 Å². The van der Waals surface area contributed by atoms with Gasteiger partial charge in [-0.3, -0.25) is 42.7 Å². The molecule has 2 bridgehead atoms. The van der Waals surface area contributed by atoms with Crippen LogP contribution < -0.4 is 16.0 Å². The number of carbonyl (C=O) groups is 8. The Morgan fingerprint density at radius 2 is 0.959 bits per heavy atom. The van der Waals surface area contributed by atoms with Crippen LogP contribution in [0, 0.1) is 47.3 Å². The van der Waals surface area contributed by atoms with E-state index in [4.69, 9.17) is 90.8 Å². The minimum Gasteiger partial charge on any atom is -0.469 e. The maximum absolute atomic E-state index is 14.4. The Hall–Kier alpha value is -5.81. The number of rotatable bonds is 52. The van der Waals surface area contributed by atoms with Crippen molar-refractivity contribution in [3.8, 4) is 11.1 Å². The van der Waals surface area contributed by atoms with Crippen LogP contribution in [0.15, 0.2) is 78.9 Å². The molecule has 1 aliphatic carbocycles. The molecule has 3 aromatic rings. The standard InChI is InChI=1S/C41H60NO10P.C26H50NO8P.C19H19NO7.C17H33O3P.C4H10.2CH4O/c1-26(2)47-23-38-40(27(3)29(5)50-38)52-53(45,49-24-37-28(4)39(46-7)30(6)51-37)25-31(43)16-10-8-9-15-21-42-41(44)48-22-36-34-19-13-11-17-32(34)33-18-12-14-20-35(33)36;1-17(2)31-14-24-26(18(3)20(5)33-24)35-36(29,16-22(28)12-10-8-9-11-13-27)32-15-23-19(4)25(30-7)21(6)34-23;1-25-13(21)7-8-14(22)26-12-9-11-15-16(17(12)27-11)19(24)20(18(15)23)10-5-3-2-4-6-10;1-6-7-8-9-10-11-16(18)12-21(5)20-17-13(2)14(3)19-15(17)4;1-4(2)3;2*1-2/h11-14,17-20,26-30,36-40H,8-10,15-16,21-25H2,1-7H3,(H,42,44);17-21,23-26H,8-16,27H2,1-7H3;2-6,11-12,15-17H,7-9H2,1H3;13-15,17H,6-12H2,1-5H3;4H,1-3H3;2*2H,1H3/t27-,28?,29-,30+,37-,38?,39-,40-,53?;18-,19?,20-,21+,23-,24?,25-,26-,36?;11-,12?,15?,16?,17?;13-,14-,15+,17-,21?;;;/m0010.../s1/i;;9D;4D;;2*2T/t;m;9-,11-,12?,15?,16?,17?;m;;;. The highest BCUT2D eigenvalue weighted by atomic mass is 31.2. The molecule has 3 aromatic carbocycles. The number of amides is 3. The molecular formula is C109H180N3O30P3. The maximum atomic E-state index is 14.4. The molecule has 9 aliphatic rings. The summed E-state index contributed by atoms with van der Waals surface area (Å²) in [6.07, 6.45) is 6.20. The molecule has 3 amide bonds. The Bertz CT molecular complexity index is 4490. The van der Waals surface area contributed by atoms with Gasteiger partial charge < -0.3 is 105 Å².